The second-order valence-corrected chi connectivity index (χ2v) is 7.41. The Kier molecular flexibility index (Phi) is 3.32. The Morgan fingerprint density at radius 1 is 1.35 bits per heavy atom. The van der Waals surface area contributed by atoms with E-state index in [1.165, 1.54) is 6.26 Å². The number of halogens is 1. The minimum absolute atomic E-state index is 0.216. The number of fused-ring (bicyclic) bond motifs is 1. The maximum atomic E-state index is 11.9. The van der Waals surface area contributed by atoms with Gasteiger partial charge in [-0.2, -0.15) is 11.3 Å². The van der Waals surface area contributed by atoms with Gasteiger partial charge in [0.05, 0.1) is 22.0 Å². The highest BCUT2D eigenvalue weighted by Gasteiger charge is 2.19. The highest BCUT2D eigenvalue weighted by atomic mass is 35.5. The molecule has 2 aromatic heterocycles. The van der Waals surface area contributed by atoms with E-state index in [2.05, 4.69) is 4.98 Å². The predicted octanol–water partition coefficient (Wildman–Crippen LogP) is 3.23. The fourth-order valence-electron chi connectivity index (χ4n) is 2.18. The van der Waals surface area contributed by atoms with Crippen LogP contribution in [0.5, 0.6) is 0 Å². The van der Waals surface area contributed by atoms with E-state index in [1.807, 2.05) is 27.5 Å². The second-order valence-electron chi connectivity index (χ2n) is 4.37. The first-order chi connectivity index (χ1) is 9.52. The molecule has 0 bridgehead atoms. The molecule has 0 unspecified atom stereocenters. The van der Waals surface area contributed by atoms with Gasteiger partial charge >= 0.3 is 0 Å². The molecule has 0 amide bonds. The van der Waals surface area contributed by atoms with E-state index in [0.29, 0.717) is 11.3 Å². The highest BCUT2D eigenvalue weighted by molar-refractivity contribution is 7.91. The summed E-state index contributed by atoms with van der Waals surface area (Å²) in [6, 6.07) is 7.10. The summed E-state index contributed by atoms with van der Waals surface area (Å²) in [5.41, 5.74) is 2.16. The summed E-state index contributed by atoms with van der Waals surface area (Å²) < 4.78 is 25.6. The fraction of sp³-hybridized carbons (Fsp3) is 0.154. The van der Waals surface area contributed by atoms with E-state index >= 15 is 0 Å². The first kappa shape index (κ1) is 13.6. The Balaban J connectivity index is 2.42. The van der Waals surface area contributed by atoms with Crippen LogP contribution in [0.1, 0.15) is 5.82 Å². The van der Waals surface area contributed by atoms with Gasteiger partial charge in [-0.1, -0.05) is 6.07 Å². The molecule has 3 aromatic rings. The van der Waals surface area contributed by atoms with Gasteiger partial charge in [-0.15, -0.1) is 11.6 Å². The molecule has 0 spiro atoms. The molecule has 4 nitrogen and oxygen atoms in total. The van der Waals surface area contributed by atoms with Crippen LogP contribution >= 0.6 is 22.9 Å². The van der Waals surface area contributed by atoms with Gasteiger partial charge in [-0.25, -0.2) is 13.4 Å². The Hall–Kier alpha value is -1.37. The normalized spacial score (nSPS) is 12.1. The number of hydrogen-bond donors (Lipinski definition) is 0. The van der Waals surface area contributed by atoms with Gasteiger partial charge in [0.1, 0.15) is 11.3 Å². The maximum absolute atomic E-state index is 11.9. The summed E-state index contributed by atoms with van der Waals surface area (Å²) in [7, 11) is -3.33. The molecule has 1 aromatic carbocycles. The van der Waals surface area contributed by atoms with Gasteiger partial charge < -0.3 is 0 Å². The molecule has 0 saturated heterocycles. The van der Waals surface area contributed by atoms with E-state index in [0.717, 1.165) is 11.2 Å². The molecular formula is C13H11ClN2O2S2. The predicted molar refractivity (Wildman–Crippen MR) is 81.6 cm³/mol. The second kappa shape index (κ2) is 4.87. The molecule has 2 heterocycles. The Morgan fingerprint density at radius 2 is 2.15 bits per heavy atom. The smallest absolute Gasteiger partial charge is 0.177 e. The lowest BCUT2D eigenvalue weighted by Gasteiger charge is -2.05. The van der Waals surface area contributed by atoms with Gasteiger partial charge in [-0.05, 0) is 23.6 Å². The molecule has 0 atom stereocenters. The molecule has 0 N–H and O–H groups in total. The van der Waals surface area contributed by atoms with E-state index in [9.17, 15) is 8.42 Å². The van der Waals surface area contributed by atoms with E-state index < -0.39 is 9.84 Å². The molecule has 7 heteroatoms. The van der Waals surface area contributed by atoms with Crippen LogP contribution in [0.15, 0.2) is 39.9 Å². The third kappa shape index (κ3) is 2.13. The molecule has 3 rings (SSSR count). The number of hydrogen-bond acceptors (Lipinski definition) is 4. The number of rotatable bonds is 3. The third-order valence-corrected chi connectivity index (χ3v) is 5.04. The lowest BCUT2D eigenvalue weighted by atomic mass is 10.3. The zero-order valence-electron chi connectivity index (χ0n) is 10.6. The van der Waals surface area contributed by atoms with Crippen LogP contribution in [0.25, 0.3) is 16.7 Å². The number of thiophene rings is 1. The quantitative estimate of drug-likeness (QED) is 0.694. The van der Waals surface area contributed by atoms with Gasteiger partial charge in [0.2, 0.25) is 0 Å². The van der Waals surface area contributed by atoms with Crippen molar-refractivity contribution in [3.63, 3.8) is 0 Å². The number of nitrogens with zero attached hydrogens (tertiary/aromatic N) is 2. The summed E-state index contributed by atoms with van der Waals surface area (Å²) >= 11 is 7.52. The van der Waals surface area contributed by atoms with E-state index in [-0.39, 0.29) is 10.8 Å². The third-order valence-electron chi connectivity index (χ3n) is 3.00. The van der Waals surface area contributed by atoms with Gasteiger partial charge in [-0.3, -0.25) is 4.57 Å². The topological polar surface area (TPSA) is 52.0 Å². The van der Waals surface area contributed by atoms with Crippen LogP contribution in [0.4, 0.5) is 0 Å². The van der Waals surface area contributed by atoms with Crippen molar-refractivity contribution < 1.29 is 8.42 Å². The van der Waals surface area contributed by atoms with Gasteiger partial charge in [0.25, 0.3) is 0 Å². The number of imidazole rings is 1. The monoisotopic (exact) mass is 326 g/mol. The first-order valence-corrected chi connectivity index (χ1v) is 9.18. The molecular weight excluding hydrogens is 316 g/mol. The molecule has 104 valence electrons. The van der Waals surface area contributed by atoms with Crippen LogP contribution in [0.3, 0.4) is 0 Å². The number of para-hydroxylation sites is 1. The molecule has 0 aliphatic rings. The lowest BCUT2D eigenvalue weighted by Crippen LogP contribution is -1.98. The van der Waals surface area contributed by atoms with Crippen molar-refractivity contribution in [1.82, 2.24) is 9.55 Å². The Morgan fingerprint density at radius 3 is 2.75 bits per heavy atom. The zero-order valence-corrected chi connectivity index (χ0v) is 13.0. The average Bonchev–Trinajstić information content (AvgIpc) is 3.02. The molecule has 20 heavy (non-hydrogen) atoms. The Labute approximate surface area is 125 Å². The van der Waals surface area contributed by atoms with Crippen LogP contribution in [0.2, 0.25) is 0 Å². The van der Waals surface area contributed by atoms with Crippen LogP contribution in [0, 0.1) is 0 Å². The van der Waals surface area contributed by atoms with Crippen molar-refractivity contribution in [2.75, 3.05) is 6.26 Å². The molecule has 0 aliphatic carbocycles. The molecule has 0 radical (unpaired) electrons. The van der Waals surface area contributed by atoms with Gasteiger partial charge in [0.15, 0.2) is 9.84 Å². The van der Waals surface area contributed by atoms with Crippen LogP contribution < -0.4 is 0 Å². The SMILES string of the molecule is CS(=O)(=O)c1cccc2c1nc(CCl)n2-c1ccsc1. The largest absolute Gasteiger partial charge is 0.294 e. The fourth-order valence-corrected chi connectivity index (χ4v) is 3.81. The number of benzene rings is 1. The van der Waals surface area contributed by atoms with Gasteiger partial charge in [0, 0.05) is 11.6 Å². The standard InChI is InChI=1S/C13H11ClN2O2S2/c1-20(17,18)11-4-2-3-10-13(11)15-12(7-14)16(10)9-5-6-19-8-9/h2-6,8H,7H2,1H3. The highest BCUT2D eigenvalue weighted by Crippen LogP contribution is 2.28. The van der Waals surface area contributed by atoms with Crippen LogP contribution in [-0.2, 0) is 15.7 Å². The molecule has 0 saturated carbocycles. The first-order valence-electron chi connectivity index (χ1n) is 5.81. The molecule has 0 fully saturated rings. The average molecular weight is 327 g/mol. The Bertz CT molecular complexity index is 867. The zero-order chi connectivity index (χ0) is 14.3. The van der Waals surface area contributed by atoms with Crippen molar-refractivity contribution in [2.45, 2.75) is 10.8 Å². The number of alkyl halides is 1. The van der Waals surface area contributed by atoms with E-state index in [1.54, 1.807) is 23.5 Å². The minimum Gasteiger partial charge on any atom is -0.294 e. The summed E-state index contributed by atoms with van der Waals surface area (Å²) in [4.78, 5) is 4.64. The van der Waals surface area contributed by atoms with Crippen molar-refractivity contribution in [1.29, 1.82) is 0 Å². The van der Waals surface area contributed by atoms with Crippen LogP contribution in [-0.4, -0.2) is 24.2 Å². The number of aromatic nitrogens is 2. The lowest BCUT2D eigenvalue weighted by molar-refractivity contribution is 0.602. The maximum Gasteiger partial charge on any atom is 0.177 e. The van der Waals surface area contributed by atoms with Crippen molar-refractivity contribution in [2.24, 2.45) is 0 Å². The molecule has 0 aliphatic heterocycles. The van der Waals surface area contributed by atoms with E-state index in [4.69, 9.17) is 11.6 Å². The summed E-state index contributed by atoms with van der Waals surface area (Å²) in [5.74, 6) is 0.851. The number of sulfone groups is 1. The van der Waals surface area contributed by atoms with Crippen molar-refractivity contribution in [3.8, 4) is 5.69 Å². The summed E-state index contributed by atoms with van der Waals surface area (Å²) in [6.07, 6.45) is 1.19. The minimum atomic E-state index is -3.33. The van der Waals surface area contributed by atoms with Crippen molar-refractivity contribution in [3.05, 3.63) is 40.8 Å². The van der Waals surface area contributed by atoms with Crippen molar-refractivity contribution >= 4 is 43.8 Å². The summed E-state index contributed by atoms with van der Waals surface area (Å²) in [5, 5.41) is 3.93. The summed E-state index contributed by atoms with van der Waals surface area (Å²) in [6.45, 7) is 0.